The number of benzene rings is 1. The molecule has 0 aliphatic carbocycles. The highest BCUT2D eigenvalue weighted by molar-refractivity contribution is 6.01. The van der Waals surface area contributed by atoms with Crippen molar-refractivity contribution in [2.24, 2.45) is 11.7 Å². The van der Waals surface area contributed by atoms with Crippen molar-refractivity contribution in [3.05, 3.63) is 46.4 Å². The van der Waals surface area contributed by atoms with Crippen molar-refractivity contribution in [2.75, 3.05) is 13.1 Å². The van der Waals surface area contributed by atoms with Gasteiger partial charge in [-0.1, -0.05) is 12.1 Å². The molecule has 1 saturated heterocycles. The van der Waals surface area contributed by atoms with Crippen molar-refractivity contribution < 1.29 is 4.79 Å². The number of H-pyrrole nitrogens is 1. The van der Waals surface area contributed by atoms with Crippen LogP contribution in [0.4, 0.5) is 0 Å². The minimum atomic E-state index is -0.220. The Morgan fingerprint density at radius 2 is 2.21 bits per heavy atom. The van der Waals surface area contributed by atoms with Gasteiger partial charge in [-0.15, -0.1) is 0 Å². The fraction of sp³-hybridized carbons (Fsp3) is 0.353. The summed E-state index contributed by atoms with van der Waals surface area (Å²) in [5.41, 5.74) is 7.07. The van der Waals surface area contributed by atoms with Gasteiger partial charge in [0.15, 0.2) is 0 Å². The van der Waals surface area contributed by atoms with Crippen LogP contribution < -0.4 is 11.3 Å². The lowest BCUT2D eigenvalue weighted by atomic mass is 10.1. The highest BCUT2D eigenvalue weighted by atomic mass is 16.2. The number of amides is 1. The van der Waals surface area contributed by atoms with Gasteiger partial charge >= 0.3 is 0 Å². The van der Waals surface area contributed by atoms with Crippen LogP contribution in [-0.2, 0) is 0 Å². The molecule has 7 heteroatoms. The Hall–Kier alpha value is -2.67. The first-order valence-electron chi connectivity index (χ1n) is 8.10. The number of nitrogens with one attached hydrogen (secondary N) is 1. The number of nitrogens with two attached hydrogens (primary N) is 1. The summed E-state index contributed by atoms with van der Waals surface area (Å²) in [5, 5.41) is 4.87. The van der Waals surface area contributed by atoms with Crippen LogP contribution in [0.1, 0.15) is 23.7 Å². The molecule has 2 atom stereocenters. The number of hydrogen-bond acceptors (Lipinski definition) is 4. The maximum Gasteiger partial charge on any atom is 0.259 e. The number of fused-ring (bicyclic) bond motifs is 3. The summed E-state index contributed by atoms with van der Waals surface area (Å²) in [6.07, 6.45) is 2.43. The first-order chi connectivity index (χ1) is 11.6. The van der Waals surface area contributed by atoms with Gasteiger partial charge in [0.1, 0.15) is 11.2 Å². The van der Waals surface area contributed by atoms with Crippen LogP contribution >= 0.6 is 0 Å². The quantitative estimate of drug-likeness (QED) is 0.734. The molecule has 1 aliphatic rings. The van der Waals surface area contributed by atoms with Crippen LogP contribution in [0.25, 0.3) is 16.6 Å². The van der Waals surface area contributed by atoms with Crippen molar-refractivity contribution in [1.82, 2.24) is 19.5 Å². The molecule has 2 unspecified atom stereocenters. The van der Waals surface area contributed by atoms with Crippen molar-refractivity contribution in [3.63, 3.8) is 0 Å². The molecule has 1 amide bonds. The van der Waals surface area contributed by atoms with Gasteiger partial charge in [0, 0.05) is 12.6 Å². The van der Waals surface area contributed by atoms with Gasteiger partial charge in [0.2, 0.25) is 0 Å². The Bertz CT molecular complexity index is 989. The number of nitrogens with zero attached hydrogens (tertiary/aromatic N) is 3. The standard InChI is InChI=1S/C17H19N5O2/c1-10-6-11(7-18)9-21(10)17(24)13-8-19-22-14-5-3-2-4-12(14)16(23)20-15(13)22/h2-5,8,10-11H,6-7,9,18H2,1H3,(H,20,23). The third kappa shape index (κ3) is 2.12. The van der Waals surface area contributed by atoms with Gasteiger partial charge in [-0.25, -0.2) is 4.52 Å². The predicted octanol–water partition coefficient (Wildman–Crippen LogP) is 0.985. The second-order valence-corrected chi connectivity index (χ2v) is 6.43. The predicted molar refractivity (Wildman–Crippen MR) is 91.0 cm³/mol. The van der Waals surface area contributed by atoms with Crippen molar-refractivity contribution in [1.29, 1.82) is 0 Å². The van der Waals surface area contributed by atoms with Crippen molar-refractivity contribution in [3.8, 4) is 0 Å². The number of rotatable bonds is 2. The van der Waals surface area contributed by atoms with Crippen LogP contribution in [0.15, 0.2) is 35.3 Å². The molecule has 3 aromatic rings. The van der Waals surface area contributed by atoms with Crippen LogP contribution in [0, 0.1) is 5.92 Å². The molecule has 7 nitrogen and oxygen atoms in total. The van der Waals surface area contributed by atoms with Crippen LogP contribution in [0.5, 0.6) is 0 Å². The molecule has 24 heavy (non-hydrogen) atoms. The minimum absolute atomic E-state index is 0.112. The average Bonchev–Trinajstić information content (AvgIpc) is 3.18. The number of aromatic nitrogens is 3. The van der Waals surface area contributed by atoms with E-state index in [2.05, 4.69) is 10.1 Å². The average molecular weight is 325 g/mol. The molecular weight excluding hydrogens is 306 g/mol. The van der Waals surface area contributed by atoms with E-state index in [0.717, 1.165) is 6.42 Å². The van der Waals surface area contributed by atoms with Gasteiger partial charge < -0.3 is 15.6 Å². The van der Waals surface area contributed by atoms with Crippen molar-refractivity contribution in [2.45, 2.75) is 19.4 Å². The zero-order chi connectivity index (χ0) is 16.8. The lowest BCUT2D eigenvalue weighted by Crippen LogP contribution is -2.34. The molecule has 3 heterocycles. The number of carbonyl (C=O) groups is 1. The fourth-order valence-corrected chi connectivity index (χ4v) is 3.58. The van der Waals surface area contributed by atoms with Gasteiger partial charge in [-0.3, -0.25) is 9.59 Å². The highest BCUT2D eigenvalue weighted by Crippen LogP contribution is 2.25. The Morgan fingerprint density at radius 1 is 1.42 bits per heavy atom. The summed E-state index contributed by atoms with van der Waals surface area (Å²) in [5.74, 6) is 0.213. The SMILES string of the molecule is CC1CC(CN)CN1C(=O)c1cnn2c1[nH]c(=O)c1ccccc12. The smallest absolute Gasteiger partial charge is 0.259 e. The molecule has 0 radical (unpaired) electrons. The van der Waals surface area contributed by atoms with E-state index in [1.165, 1.54) is 6.20 Å². The van der Waals surface area contributed by atoms with Gasteiger partial charge in [-0.05, 0) is 37.9 Å². The third-order valence-corrected chi connectivity index (χ3v) is 4.86. The number of likely N-dealkylation sites (tertiary alicyclic amines) is 1. The normalized spacial score (nSPS) is 21.0. The molecular formula is C17H19N5O2. The Labute approximate surface area is 138 Å². The summed E-state index contributed by atoms with van der Waals surface area (Å²) in [4.78, 5) is 29.9. The Kier molecular flexibility index (Phi) is 3.38. The first-order valence-corrected chi connectivity index (χ1v) is 8.10. The zero-order valence-electron chi connectivity index (χ0n) is 13.4. The molecule has 3 N–H and O–H groups in total. The maximum absolute atomic E-state index is 13.0. The van der Waals surface area contributed by atoms with Gasteiger partial charge in [0.25, 0.3) is 11.5 Å². The maximum atomic E-state index is 13.0. The summed E-state index contributed by atoms with van der Waals surface area (Å²) in [6, 6.07) is 7.34. The molecule has 1 fully saturated rings. The van der Waals surface area contributed by atoms with E-state index in [1.807, 2.05) is 24.0 Å². The number of aromatic amines is 1. The highest BCUT2D eigenvalue weighted by Gasteiger charge is 2.33. The van der Waals surface area contributed by atoms with Crippen LogP contribution in [0.2, 0.25) is 0 Å². The van der Waals surface area contributed by atoms with Crippen molar-refractivity contribution >= 4 is 22.5 Å². The minimum Gasteiger partial charge on any atom is -0.335 e. The Balaban J connectivity index is 1.83. The van der Waals surface area contributed by atoms with E-state index in [4.69, 9.17) is 5.73 Å². The first kappa shape index (κ1) is 14.9. The molecule has 1 aliphatic heterocycles. The second-order valence-electron chi connectivity index (χ2n) is 6.43. The van der Waals surface area contributed by atoms with Crippen LogP contribution in [-0.4, -0.2) is 44.5 Å². The van der Waals surface area contributed by atoms with E-state index < -0.39 is 0 Å². The second kappa shape index (κ2) is 5.45. The molecule has 1 aromatic carbocycles. The molecule has 4 rings (SSSR count). The molecule has 124 valence electrons. The lowest BCUT2D eigenvalue weighted by Gasteiger charge is -2.20. The van der Waals surface area contributed by atoms with Gasteiger partial charge in [-0.2, -0.15) is 5.10 Å². The van der Waals surface area contributed by atoms with E-state index in [1.54, 1.807) is 16.6 Å². The number of para-hydroxylation sites is 1. The third-order valence-electron chi connectivity index (χ3n) is 4.86. The van der Waals surface area contributed by atoms with E-state index in [-0.39, 0.29) is 17.5 Å². The van der Waals surface area contributed by atoms with E-state index in [0.29, 0.717) is 41.1 Å². The van der Waals surface area contributed by atoms with Gasteiger partial charge in [0.05, 0.1) is 17.1 Å². The fourth-order valence-electron chi connectivity index (χ4n) is 3.58. The van der Waals surface area contributed by atoms with E-state index in [9.17, 15) is 9.59 Å². The molecule has 0 spiro atoms. The summed E-state index contributed by atoms with van der Waals surface area (Å²) in [6.45, 7) is 3.24. The summed E-state index contributed by atoms with van der Waals surface area (Å²) < 4.78 is 1.62. The number of carbonyl (C=O) groups excluding carboxylic acids is 1. The Morgan fingerprint density at radius 3 is 2.96 bits per heavy atom. The summed E-state index contributed by atoms with van der Waals surface area (Å²) >= 11 is 0. The molecule has 2 aromatic heterocycles. The lowest BCUT2D eigenvalue weighted by molar-refractivity contribution is 0.0745. The summed E-state index contributed by atoms with van der Waals surface area (Å²) in [7, 11) is 0. The molecule has 0 bridgehead atoms. The van der Waals surface area contributed by atoms with E-state index >= 15 is 0 Å². The largest absolute Gasteiger partial charge is 0.335 e. The zero-order valence-corrected chi connectivity index (χ0v) is 13.4. The molecule has 0 saturated carbocycles. The topological polar surface area (TPSA) is 96.5 Å². The monoisotopic (exact) mass is 325 g/mol. The van der Waals surface area contributed by atoms with Crippen LogP contribution in [0.3, 0.4) is 0 Å². The number of hydrogen-bond donors (Lipinski definition) is 2.